The van der Waals surface area contributed by atoms with Crippen LogP contribution in [0.3, 0.4) is 0 Å². The Morgan fingerprint density at radius 3 is 2.67 bits per heavy atom. The molecule has 7 heteroatoms. The van der Waals surface area contributed by atoms with E-state index < -0.39 is 0 Å². The van der Waals surface area contributed by atoms with Gasteiger partial charge in [-0.1, -0.05) is 57.6 Å². The standard InChI is InChI=1S/C20H21BrN4OS/c21-16-6-7-17-18(14-16)27-20(23-17)25-12-10-24(11-13-25)19(26)22-9-8-15-4-2-1-3-5-15/h1-7,14H,8-13H2,(H,22,26). The summed E-state index contributed by atoms with van der Waals surface area (Å²) in [7, 11) is 0. The van der Waals surface area contributed by atoms with Gasteiger partial charge in [0.25, 0.3) is 0 Å². The molecule has 1 aliphatic heterocycles. The molecule has 0 saturated carbocycles. The van der Waals surface area contributed by atoms with Crippen LogP contribution in [0.15, 0.2) is 53.0 Å². The maximum atomic E-state index is 12.4. The highest BCUT2D eigenvalue weighted by molar-refractivity contribution is 9.10. The lowest BCUT2D eigenvalue weighted by Gasteiger charge is -2.34. The van der Waals surface area contributed by atoms with E-state index in [0.29, 0.717) is 6.54 Å². The van der Waals surface area contributed by atoms with Gasteiger partial charge in [0.2, 0.25) is 0 Å². The zero-order chi connectivity index (χ0) is 18.6. The van der Waals surface area contributed by atoms with E-state index in [2.05, 4.69) is 44.3 Å². The zero-order valence-electron chi connectivity index (χ0n) is 14.9. The fraction of sp³-hybridized carbons (Fsp3) is 0.300. The molecule has 0 spiro atoms. The van der Waals surface area contributed by atoms with Gasteiger partial charge >= 0.3 is 6.03 Å². The van der Waals surface area contributed by atoms with Crippen LogP contribution in [0.25, 0.3) is 10.2 Å². The molecule has 140 valence electrons. The van der Waals surface area contributed by atoms with Crippen LogP contribution in [0.1, 0.15) is 5.56 Å². The van der Waals surface area contributed by atoms with E-state index >= 15 is 0 Å². The van der Waals surface area contributed by atoms with Crippen LogP contribution in [0.2, 0.25) is 0 Å². The molecule has 27 heavy (non-hydrogen) atoms. The van der Waals surface area contributed by atoms with Gasteiger partial charge in [-0.25, -0.2) is 9.78 Å². The number of halogens is 1. The predicted octanol–water partition coefficient (Wildman–Crippen LogP) is 4.13. The summed E-state index contributed by atoms with van der Waals surface area (Å²) < 4.78 is 2.25. The van der Waals surface area contributed by atoms with Crippen LogP contribution in [-0.4, -0.2) is 48.6 Å². The molecule has 1 N–H and O–H groups in total. The monoisotopic (exact) mass is 444 g/mol. The first kappa shape index (κ1) is 18.3. The Kier molecular flexibility index (Phi) is 5.59. The number of nitrogens with zero attached hydrogens (tertiary/aromatic N) is 3. The van der Waals surface area contributed by atoms with Gasteiger partial charge in [0, 0.05) is 37.2 Å². The van der Waals surface area contributed by atoms with Crippen molar-refractivity contribution in [3.8, 4) is 0 Å². The summed E-state index contributed by atoms with van der Waals surface area (Å²) in [6.07, 6.45) is 0.855. The van der Waals surface area contributed by atoms with Crippen molar-refractivity contribution in [2.75, 3.05) is 37.6 Å². The van der Waals surface area contributed by atoms with Crippen molar-refractivity contribution >= 4 is 48.6 Å². The van der Waals surface area contributed by atoms with Crippen molar-refractivity contribution < 1.29 is 4.79 Å². The molecule has 0 unspecified atom stereocenters. The molecule has 1 aliphatic rings. The Hall–Kier alpha value is -2.12. The van der Waals surface area contributed by atoms with Gasteiger partial charge < -0.3 is 15.1 Å². The third kappa shape index (κ3) is 4.42. The molecule has 0 radical (unpaired) electrons. The minimum atomic E-state index is 0.0267. The number of fused-ring (bicyclic) bond motifs is 1. The normalized spacial score (nSPS) is 14.6. The van der Waals surface area contributed by atoms with Crippen molar-refractivity contribution in [3.63, 3.8) is 0 Å². The highest BCUT2D eigenvalue weighted by Gasteiger charge is 2.22. The Morgan fingerprint density at radius 2 is 1.89 bits per heavy atom. The molecule has 2 amide bonds. The summed E-state index contributed by atoms with van der Waals surface area (Å²) in [6.45, 7) is 3.73. The highest BCUT2D eigenvalue weighted by Crippen LogP contribution is 2.31. The topological polar surface area (TPSA) is 48.5 Å². The van der Waals surface area contributed by atoms with Crippen LogP contribution >= 0.6 is 27.3 Å². The molecule has 3 aromatic rings. The van der Waals surface area contributed by atoms with Gasteiger partial charge in [0.15, 0.2) is 5.13 Å². The molecule has 1 saturated heterocycles. The van der Waals surface area contributed by atoms with E-state index in [-0.39, 0.29) is 6.03 Å². The third-order valence-electron chi connectivity index (χ3n) is 4.71. The smallest absolute Gasteiger partial charge is 0.317 e. The summed E-state index contributed by atoms with van der Waals surface area (Å²) in [6, 6.07) is 16.4. The minimum absolute atomic E-state index is 0.0267. The van der Waals surface area contributed by atoms with E-state index in [9.17, 15) is 4.79 Å². The van der Waals surface area contributed by atoms with Gasteiger partial charge in [-0.05, 0) is 30.2 Å². The van der Waals surface area contributed by atoms with E-state index in [1.165, 1.54) is 10.3 Å². The van der Waals surface area contributed by atoms with Crippen LogP contribution in [-0.2, 0) is 6.42 Å². The summed E-state index contributed by atoms with van der Waals surface area (Å²) in [5.41, 5.74) is 2.27. The summed E-state index contributed by atoms with van der Waals surface area (Å²) in [4.78, 5) is 21.3. The van der Waals surface area contributed by atoms with E-state index in [0.717, 1.165) is 47.7 Å². The number of piperazine rings is 1. The summed E-state index contributed by atoms with van der Waals surface area (Å²) in [5, 5.41) is 4.07. The number of carbonyl (C=O) groups excluding carboxylic acids is 1. The van der Waals surface area contributed by atoms with Gasteiger partial charge in [-0.15, -0.1) is 0 Å². The third-order valence-corrected chi connectivity index (χ3v) is 6.28. The van der Waals surface area contributed by atoms with Crippen molar-refractivity contribution in [3.05, 3.63) is 58.6 Å². The average Bonchev–Trinajstić information content (AvgIpc) is 3.12. The summed E-state index contributed by atoms with van der Waals surface area (Å²) >= 11 is 5.22. The van der Waals surface area contributed by atoms with Crippen molar-refractivity contribution in [2.24, 2.45) is 0 Å². The Labute approximate surface area is 171 Å². The number of anilines is 1. The van der Waals surface area contributed by atoms with E-state index in [1.807, 2.05) is 35.2 Å². The predicted molar refractivity (Wildman–Crippen MR) is 115 cm³/mol. The molecule has 2 heterocycles. The van der Waals surface area contributed by atoms with Gasteiger partial charge in [-0.2, -0.15) is 0 Å². The van der Waals surface area contributed by atoms with Crippen molar-refractivity contribution in [2.45, 2.75) is 6.42 Å². The number of rotatable bonds is 4. The Balaban J connectivity index is 1.28. The number of benzene rings is 2. The number of carbonyl (C=O) groups is 1. The largest absolute Gasteiger partial charge is 0.345 e. The van der Waals surface area contributed by atoms with Gasteiger partial charge in [-0.3, -0.25) is 0 Å². The zero-order valence-corrected chi connectivity index (χ0v) is 17.3. The molecule has 1 fully saturated rings. The SMILES string of the molecule is O=C(NCCc1ccccc1)N1CCN(c2nc3ccc(Br)cc3s2)CC1. The Morgan fingerprint density at radius 1 is 1.11 bits per heavy atom. The fourth-order valence-corrected chi connectivity index (χ4v) is 4.76. The van der Waals surface area contributed by atoms with Crippen LogP contribution in [0, 0.1) is 0 Å². The summed E-state index contributed by atoms with van der Waals surface area (Å²) in [5.74, 6) is 0. The fourth-order valence-electron chi connectivity index (χ4n) is 3.19. The van der Waals surface area contributed by atoms with E-state index in [1.54, 1.807) is 11.3 Å². The number of hydrogen-bond donors (Lipinski definition) is 1. The molecule has 4 rings (SSSR count). The molecule has 0 atom stereocenters. The number of hydrogen-bond acceptors (Lipinski definition) is 4. The molecule has 0 aliphatic carbocycles. The minimum Gasteiger partial charge on any atom is -0.345 e. The first-order chi connectivity index (χ1) is 13.2. The van der Waals surface area contributed by atoms with Crippen molar-refractivity contribution in [1.29, 1.82) is 0 Å². The second-order valence-electron chi connectivity index (χ2n) is 6.55. The molecule has 0 bridgehead atoms. The quantitative estimate of drug-likeness (QED) is 0.657. The first-order valence-corrected chi connectivity index (χ1v) is 10.7. The second kappa shape index (κ2) is 8.27. The number of nitrogens with one attached hydrogen (secondary N) is 1. The lowest BCUT2D eigenvalue weighted by Crippen LogP contribution is -2.52. The van der Waals surface area contributed by atoms with Crippen LogP contribution < -0.4 is 10.2 Å². The lowest BCUT2D eigenvalue weighted by molar-refractivity contribution is 0.194. The number of aromatic nitrogens is 1. The molecular weight excluding hydrogens is 424 g/mol. The molecular formula is C20H21BrN4OS. The molecule has 5 nitrogen and oxygen atoms in total. The molecule has 2 aromatic carbocycles. The molecule has 1 aromatic heterocycles. The first-order valence-electron chi connectivity index (χ1n) is 9.07. The number of thiazole rings is 1. The maximum absolute atomic E-state index is 12.4. The maximum Gasteiger partial charge on any atom is 0.317 e. The second-order valence-corrected chi connectivity index (χ2v) is 8.47. The average molecular weight is 445 g/mol. The Bertz CT molecular complexity index is 922. The van der Waals surface area contributed by atoms with Crippen LogP contribution in [0.5, 0.6) is 0 Å². The number of amides is 2. The number of urea groups is 1. The van der Waals surface area contributed by atoms with Crippen LogP contribution in [0.4, 0.5) is 9.93 Å². The van der Waals surface area contributed by atoms with Gasteiger partial charge in [0.05, 0.1) is 10.2 Å². The lowest BCUT2D eigenvalue weighted by atomic mass is 10.1. The van der Waals surface area contributed by atoms with Gasteiger partial charge in [0.1, 0.15) is 0 Å². The van der Waals surface area contributed by atoms with E-state index in [4.69, 9.17) is 4.98 Å². The van der Waals surface area contributed by atoms with Crippen molar-refractivity contribution in [1.82, 2.24) is 15.2 Å². The highest BCUT2D eigenvalue weighted by atomic mass is 79.9.